The van der Waals surface area contributed by atoms with Crippen LogP contribution in [0.25, 0.3) is 10.9 Å². The quantitative estimate of drug-likeness (QED) is 0.668. The SMILES string of the molecule is O=C(Nc1ccc(F)c(Cl)c1)c1cn2c3c(cc(Br)cc3c1=O)CC2. The molecule has 1 N–H and O–H groups in total. The van der Waals surface area contributed by atoms with E-state index < -0.39 is 11.7 Å². The van der Waals surface area contributed by atoms with Crippen LogP contribution in [-0.2, 0) is 13.0 Å². The number of aryl methyl sites for hydroxylation is 2. The fraction of sp³-hybridized carbons (Fsp3) is 0.111. The minimum atomic E-state index is -0.573. The van der Waals surface area contributed by atoms with Crippen LogP contribution in [0.2, 0.25) is 5.02 Å². The van der Waals surface area contributed by atoms with Crippen LogP contribution in [0.1, 0.15) is 15.9 Å². The van der Waals surface area contributed by atoms with Gasteiger partial charge in [-0.15, -0.1) is 0 Å². The number of carbonyl (C=O) groups excluding carboxylic acids is 1. The van der Waals surface area contributed by atoms with Crippen molar-refractivity contribution in [3.8, 4) is 0 Å². The number of nitrogens with one attached hydrogen (secondary N) is 1. The molecule has 0 spiro atoms. The molecule has 2 aromatic carbocycles. The van der Waals surface area contributed by atoms with Crippen LogP contribution in [0.15, 0.2) is 45.8 Å². The normalized spacial score (nSPS) is 12.6. The van der Waals surface area contributed by atoms with Gasteiger partial charge in [0.2, 0.25) is 5.43 Å². The second-order valence-corrected chi connectivity index (χ2v) is 7.18. The molecule has 1 aromatic heterocycles. The third-order valence-electron chi connectivity index (χ3n) is 4.26. The van der Waals surface area contributed by atoms with Gasteiger partial charge in [0.05, 0.1) is 10.5 Å². The molecular weight excluding hydrogens is 411 g/mol. The molecule has 2 heterocycles. The zero-order chi connectivity index (χ0) is 17.7. The molecule has 1 amide bonds. The van der Waals surface area contributed by atoms with Gasteiger partial charge < -0.3 is 9.88 Å². The Kier molecular flexibility index (Phi) is 3.89. The van der Waals surface area contributed by atoms with Gasteiger partial charge in [-0.05, 0) is 42.3 Å². The molecule has 4 nitrogen and oxygen atoms in total. The zero-order valence-corrected chi connectivity index (χ0v) is 15.1. The van der Waals surface area contributed by atoms with Crippen LogP contribution in [0.3, 0.4) is 0 Å². The van der Waals surface area contributed by atoms with Crippen LogP contribution in [0, 0.1) is 5.82 Å². The third kappa shape index (κ3) is 2.75. The number of halogens is 3. The first-order chi connectivity index (χ1) is 11.9. The number of carbonyl (C=O) groups is 1. The van der Waals surface area contributed by atoms with Crippen LogP contribution in [0.4, 0.5) is 10.1 Å². The van der Waals surface area contributed by atoms with Crippen molar-refractivity contribution >= 4 is 50.0 Å². The number of rotatable bonds is 2. The molecule has 1 aliphatic heterocycles. The van der Waals surface area contributed by atoms with Gasteiger partial charge in [-0.3, -0.25) is 9.59 Å². The average Bonchev–Trinajstić information content (AvgIpc) is 2.97. The summed E-state index contributed by atoms with van der Waals surface area (Å²) in [6.07, 6.45) is 2.39. The summed E-state index contributed by atoms with van der Waals surface area (Å²) in [5.74, 6) is -1.12. The Morgan fingerprint density at radius 2 is 2.08 bits per heavy atom. The molecule has 0 aliphatic carbocycles. The van der Waals surface area contributed by atoms with Crippen LogP contribution in [0.5, 0.6) is 0 Å². The van der Waals surface area contributed by atoms with Gasteiger partial charge in [-0.25, -0.2) is 4.39 Å². The van der Waals surface area contributed by atoms with Gasteiger partial charge in [0.1, 0.15) is 11.4 Å². The summed E-state index contributed by atoms with van der Waals surface area (Å²) in [5, 5.41) is 3.01. The Labute approximate surface area is 155 Å². The molecule has 7 heteroatoms. The predicted octanol–water partition coefficient (Wildman–Crippen LogP) is 4.36. The maximum absolute atomic E-state index is 13.2. The Morgan fingerprint density at radius 3 is 2.84 bits per heavy atom. The van der Waals surface area contributed by atoms with Gasteiger partial charge in [0.15, 0.2) is 0 Å². The molecular formula is C18H11BrClFN2O2. The Hall–Kier alpha value is -2.18. The van der Waals surface area contributed by atoms with Crippen molar-refractivity contribution in [3.05, 3.63) is 73.2 Å². The van der Waals surface area contributed by atoms with E-state index in [9.17, 15) is 14.0 Å². The highest BCUT2D eigenvalue weighted by molar-refractivity contribution is 9.10. The van der Waals surface area contributed by atoms with Crippen LogP contribution >= 0.6 is 27.5 Å². The zero-order valence-electron chi connectivity index (χ0n) is 12.8. The van der Waals surface area contributed by atoms with E-state index in [1.807, 2.05) is 10.6 Å². The van der Waals surface area contributed by atoms with Gasteiger partial charge in [-0.2, -0.15) is 0 Å². The fourth-order valence-corrected chi connectivity index (χ4v) is 3.82. The highest BCUT2D eigenvalue weighted by Gasteiger charge is 2.21. The van der Waals surface area contributed by atoms with E-state index in [4.69, 9.17) is 11.6 Å². The fourth-order valence-electron chi connectivity index (χ4n) is 3.13. The number of anilines is 1. The van der Waals surface area contributed by atoms with Crippen molar-refractivity contribution in [2.24, 2.45) is 0 Å². The minimum absolute atomic E-state index is 0.0406. The molecule has 0 unspecified atom stereocenters. The van der Waals surface area contributed by atoms with Gasteiger partial charge >= 0.3 is 0 Å². The number of aromatic nitrogens is 1. The van der Waals surface area contributed by atoms with Crippen molar-refractivity contribution in [1.82, 2.24) is 4.57 Å². The van der Waals surface area contributed by atoms with E-state index in [2.05, 4.69) is 21.2 Å². The summed E-state index contributed by atoms with van der Waals surface area (Å²) in [5.41, 5.74) is 1.99. The molecule has 0 atom stereocenters. The molecule has 126 valence electrons. The van der Waals surface area contributed by atoms with Crippen molar-refractivity contribution in [2.75, 3.05) is 5.32 Å². The van der Waals surface area contributed by atoms with Crippen molar-refractivity contribution in [2.45, 2.75) is 13.0 Å². The lowest BCUT2D eigenvalue weighted by molar-refractivity contribution is 0.102. The molecule has 25 heavy (non-hydrogen) atoms. The van der Waals surface area contributed by atoms with Crippen LogP contribution < -0.4 is 10.7 Å². The number of benzene rings is 2. The largest absolute Gasteiger partial charge is 0.346 e. The third-order valence-corrected chi connectivity index (χ3v) is 5.01. The molecule has 0 radical (unpaired) electrons. The maximum Gasteiger partial charge on any atom is 0.261 e. The summed E-state index contributed by atoms with van der Waals surface area (Å²) in [6, 6.07) is 7.58. The van der Waals surface area contributed by atoms with Gasteiger partial charge in [0, 0.05) is 28.3 Å². The number of nitrogens with zero attached hydrogens (tertiary/aromatic N) is 1. The second-order valence-electron chi connectivity index (χ2n) is 5.86. The standard InChI is InChI=1S/C18H11BrClFN2O2/c19-10-5-9-3-4-23-8-13(17(24)12(6-10)16(9)23)18(25)22-11-1-2-15(21)14(20)7-11/h1-2,5-8H,3-4H2,(H,22,25). The minimum Gasteiger partial charge on any atom is -0.346 e. The Balaban J connectivity index is 1.80. The van der Waals surface area contributed by atoms with E-state index in [1.54, 1.807) is 12.3 Å². The first-order valence-electron chi connectivity index (χ1n) is 7.56. The van der Waals surface area contributed by atoms with Crippen LogP contribution in [-0.4, -0.2) is 10.5 Å². The maximum atomic E-state index is 13.2. The molecule has 1 aliphatic rings. The lowest BCUT2D eigenvalue weighted by Crippen LogP contribution is -2.23. The van der Waals surface area contributed by atoms with E-state index in [1.165, 1.54) is 12.1 Å². The smallest absolute Gasteiger partial charge is 0.261 e. The molecule has 0 saturated carbocycles. The summed E-state index contributed by atoms with van der Waals surface area (Å²) >= 11 is 9.14. The van der Waals surface area contributed by atoms with E-state index >= 15 is 0 Å². The highest BCUT2D eigenvalue weighted by atomic mass is 79.9. The summed E-state index contributed by atoms with van der Waals surface area (Å²) in [4.78, 5) is 25.4. The molecule has 0 saturated heterocycles. The Bertz CT molecular complexity index is 1110. The first kappa shape index (κ1) is 16.3. The lowest BCUT2D eigenvalue weighted by Gasteiger charge is -2.10. The predicted molar refractivity (Wildman–Crippen MR) is 99.0 cm³/mol. The van der Waals surface area contributed by atoms with E-state index in [0.717, 1.165) is 28.0 Å². The van der Waals surface area contributed by atoms with E-state index in [-0.39, 0.29) is 16.0 Å². The van der Waals surface area contributed by atoms with E-state index in [0.29, 0.717) is 17.6 Å². The average molecular weight is 422 g/mol. The highest BCUT2D eigenvalue weighted by Crippen LogP contribution is 2.28. The van der Waals surface area contributed by atoms with Crippen molar-refractivity contribution in [3.63, 3.8) is 0 Å². The van der Waals surface area contributed by atoms with Crippen molar-refractivity contribution < 1.29 is 9.18 Å². The molecule has 3 aromatic rings. The number of pyridine rings is 1. The number of hydrogen-bond acceptors (Lipinski definition) is 2. The first-order valence-corrected chi connectivity index (χ1v) is 8.73. The lowest BCUT2D eigenvalue weighted by atomic mass is 10.1. The topological polar surface area (TPSA) is 51.1 Å². The molecule has 0 fully saturated rings. The van der Waals surface area contributed by atoms with Crippen molar-refractivity contribution in [1.29, 1.82) is 0 Å². The number of amides is 1. The molecule has 0 bridgehead atoms. The second kappa shape index (κ2) is 5.97. The van der Waals surface area contributed by atoms with Gasteiger partial charge in [-0.1, -0.05) is 27.5 Å². The van der Waals surface area contributed by atoms with Gasteiger partial charge in [0.25, 0.3) is 5.91 Å². The summed E-state index contributed by atoms with van der Waals surface area (Å²) < 4.78 is 16.0. The Morgan fingerprint density at radius 1 is 1.28 bits per heavy atom. The summed E-state index contributed by atoms with van der Waals surface area (Å²) in [6.45, 7) is 0.714. The summed E-state index contributed by atoms with van der Waals surface area (Å²) in [7, 11) is 0. The monoisotopic (exact) mass is 420 g/mol. The molecule has 4 rings (SSSR count). The number of hydrogen-bond donors (Lipinski definition) is 1.